The van der Waals surface area contributed by atoms with Crippen LogP contribution in [0.5, 0.6) is 5.75 Å². The van der Waals surface area contributed by atoms with E-state index in [-0.39, 0.29) is 16.8 Å². The number of hydrogen-bond donors (Lipinski definition) is 3. The molecule has 1 aliphatic heterocycles. The summed E-state index contributed by atoms with van der Waals surface area (Å²) in [5.74, 6) is -0.0732. The van der Waals surface area contributed by atoms with Crippen molar-refractivity contribution in [3.8, 4) is 17.0 Å². The van der Waals surface area contributed by atoms with Crippen molar-refractivity contribution in [1.82, 2.24) is 9.71 Å². The Morgan fingerprint density at radius 3 is 2.85 bits per heavy atom. The molecule has 0 saturated heterocycles. The fourth-order valence-electron chi connectivity index (χ4n) is 1.20. The van der Waals surface area contributed by atoms with E-state index in [4.69, 9.17) is 5.41 Å². The minimum Gasteiger partial charge on any atom is -0.506 e. The summed E-state index contributed by atoms with van der Waals surface area (Å²) in [5, 5.41) is 26.4. The Kier molecular flexibility index (Phi) is 1.45. The molecule has 66 valence electrons. The van der Waals surface area contributed by atoms with Gasteiger partial charge in [0.25, 0.3) is 0 Å². The topological polar surface area (TPSA) is 82.1 Å². The van der Waals surface area contributed by atoms with E-state index < -0.39 is 0 Å². The Morgan fingerprint density at radius 1 is 1.38 bits per heavy atom. The van der Waals surface area contributed by atoms with Gasteiger partial charge in [-0.25, -0.2) is 4.98 Å². The Labute approximate surface area is 73.3 Å². The number of nitrogens with zero attached hydrogens (tertiary/aromatic N) is 2. The van der Waals surface area contributed by atoms with Crippen molar-refractivity contribution in [3.63, 3.8) is 0 Å². The number of benzene rings is 1. The lowest BCUT2D eigenvalue weighted by Crippen LogP contribution is -2.10. The minimum absolute atomic E-state index is 0.0732. The number of aromatic hydroxyl groups is 1. The normalized spacial score (nSPS) is 10.5. The third-order valence-electron chi connectivity index (χ3n) is 1.80. The maximum absolute atomic E-state index is 9.38. The molecule has 0 amide bonds. The molecule has 0 aromatic heterocycles. The van der Waals surface area contributed by atoms with Crippen LogP contribution in [0.25, 0.3) is 11.3 Å². The average Bonchev–Trinajstić information content (AvgIpc) is 2.12. The van der Waals surface area contributed by atoms with Crippen LogP contribution in [0.2, 0.25) is 0 Å². The van der Waals surface area contributed by atoms with E-state index in [0.717, 1.165) is 6.33 Å². The van der Waals surface area contributed by atoms with Gasteiger partial charge in [0, 0.05) is 11.8 Å². The highest BCUT2D eigenvalue weighted by atomic mass is 16.5. The van der Waals surface area contributed by atoms with E-state index in [0.29, 0.717) is 10.3 Å². The molecule has 1 aliphatic carbocycles. The Morgan fingerprint density at radius 2 is 2.15 bits per heavy atom. The molecule has 0 aromatic rings. The molecule has 0 spiro atoms. The molecular weight excluding hydrogens is 170 g/mol. The minimum atomic E-state index is -0.0732. The van der Waals surface area contributed by atoms with Gasteiger partial charge in [-0.3, -0.25) is 0 Å². The van der Waals surface area contributed by atoms with Gasteiger partial charge in [0.2, 0.25) is 0 Å². The molecule has 5 nitrogen and oxygen atoms in total. The summed E-state index contributed by atoms with van der Waals surface area (Å²) < 4.78 is 0.697. The lowest BCUT2D eigenvalue weighted by Gasteiger charge is -2.09. The summed E-state index contributed by atoms with van der Waals surface area (Å²) in [5.41, 5.74) is 0.604. The lowest BCUT2D eigenvalue weighted by atomic mass is 10.1. The van der Waals surface area contributed by atoms with Crippen LogP contribution in [-0.4, -0.2) is 20.0 Å². The van der Waals surface area contributed by atoms with Crippen molar-refractivity contribution in [2.75, 3.05) is 0 Å². The molecule has 3 N–H and O–H groups in total. The smallest absolute Gasteiger partial charge is 0.143 e. The first-order valence-corrected chi connectivity index (χ1v) is 3.62. The van der Waals surface area contributed by atoms with Crippen LogP contribution < -0.4 is 5.36 Å². The Balaban J connectivity index is 2.96. The third-order valence-corrected chi connectivity index (χ3v) is 1.80. The van der Waals surface area contributed by atoms with Crippen molar-refractivity contribution >= 4 is 0 Å². The fourth-order valence-corrected chi connectivity index (χ4v) is 1.20. The van der Waals surface area contributed by atoms with Crippen molar-refractivity contribution in [1.29, 1.82) is 5.41 Å². The molecule has 0 aromatic carbocycles. The van der Waals surface area contributed by atoms with Crippen molar-refractivity contribution in [2.24, 2.45) is 0 Å². The van der Waals surface area contributed by atoms with E-state index in [9.17, 15) is 10.3 Å². The van der Waals surface area contributed by atoms with Crippen LogP contribution in [0.1, 0.15) is 0 Å². The van der Waals surface area contributed by atoms with Crippen LogP contribution in [0, 0.1) is 5.41 Å². The van der Waals surface area contributed by atoms with Crippen LogP contribution >= 0.6 is 0 Å². The summed E-state index contributed by atoms with van der Waals surface area (Å²) in [6.07, 6.45) is 2.58. The largest absolute Gasteiger partial charge is 0.506 e. The first kappa shape index (κ1) is 7.60. The number of nitrogens with one attached hydrogen (secondary N) is 1. The molecule has 0 unspecified atom stereocenters. The molecule has 13 heavy (non-hydrogen) atoms. The third kappa shape index (κ3) is 1.01. The standard InChI is InChI=1S/C8H7N3O2/c9-6-1-2-7(12)8-5(6)3-10-4-11(8)13/h1-4,9,12-13H. The lowest BCUT2D eigenvalue weighted by molar-refractivity contribution is 0.183. The van der Waals surface area contributed by atoms with Gasteiger partial charge in [-0.1, -0.05) is 0 Å². The molecule has 0 radical (unpaired) electrons. The van der Waals surface area contributed by atoms with E-state index in [1.165, 1.54) is 18.3 Å². The van der Waals surface area contributed by atoms with Crippen molar-refractivity contribution in [3.05, 3.63) is 30.0 Å². The van der Waals surface area contributed by atoms with E-state index in [1.54, 1.807) is 0 Å². The number of phenols is 1. The monoisotopic (exact) mass is 177 g/mol. The highest BCUT2D eigenvalue weighted by Gasteiger charge is 2.12. The highest BCUT2D eigenvalue weighted by Crippen LogP contribution is 2.25. The summed E-state index contributed by atoms with van der Waals surface area (Å²) >= 11 is 0. The van der Waals surface area contributed by atoms with Gasteiger partial charge in [-0.2, -0.15) is 4.73 Å². The number of rotatable bonds is 0. The van der Waals surface area contributed by atoms with Gasteiger partial charge in [0.05, 0.1) is 5.36 Å². The number of phenolic OH excluding ortho intramolecular Hbond substituents is 1. The predicted molar refractivity (Wildman–Crippen MR) is 43.6 cm³/mol. The second-order valence-corrected chi connectivity index (χ2v) is 2.63. The van der Waals surface area contributed by atoms with Crippen LogP contribution in [0.3, 0.4) is 0 Å². The number of fused-ring (bicyclic) bond motifs is 1. The van der Waals surface area contributed by atoms with Crippen LogP contribution in [-0.2, 0) is 0 Å². The van der Waals surface area contributed by atoms with Gasteiger partial charge in [-0.15, -0.1) is 0 Å². The molecule has 1 heterocycles. The zero-order valence-corrected chi connectivity index (χ0v) is 6.60. The summed E-state index contributed by atoms with van der Waals surface area (Å²) in [4.78, 5) is 3.70. The van der Waals surface area contributed by atoms with Gasteiger partial charge in [-0.05, 0) is 12.1 Å². The predicted octanol–water partition coefficient (Wildman–Crippen LogP) is 0.410. The summed E-state index contributed by atoms with van der Waals surface area (Å²) in [7, 11) is 0. The first-order chi connectivity index (χ1) is 6.20. The van der Waals surface area contributed by atoms with Gasteiger partial charge >= 0.3 is 0 Å². The quantitative estimate of drug-likeness (QED) is 0.510. The van der Waals surface area contributed by atoms with E-state index >= 15 is 0 Å². The van der Waals surface area contributed by atoms with Crippen LogP contribution in [0.15, 0.2) is 24.7 Å². The molecule has 0 fully saturated rings. The molecule has 2 aliphatic rings. The zero-order valence-electron chi connectivity index (χ0n) is 6.60. The number of hydrogen-bond acceptors (Lipinski definition) is 4. The second-order valence-electron chi connectivity index (χ2n) is 2.63. The molecular formula is C8H7N3O2. The van der Waals surface area contributed by atoms with Gasteiger partial charge < -0.3 is 15.7 Å². The molecule has 0 atom stereocenters. The van der Waals surface area contributed by atoms with Gasteiger partial charge in [0.15, 0.2) is 0 Å². The Hall–Kier alpha value is -2.04. The van der Waals surface area contributed by atoms with E-state index in [1.807, 2.05) is 0 Å². The average molecular weight is 177 g/mol. The summed E-state index contributed by atoms with van der Waals surface area (Å²) in [6.45, 7) is 0. The molecule has 0 saturated carbocycles. The van der Waals surface area contributed by atoms with Crippen molar-refractivity contribution < 1.29 is 10.3 Å². The highest BCUT2D eigenvalue weighted by molar-refractivity contribution is 5.65. The number of aromatic nitrogens is 2. The maximum Gasteiger partial charge on any atom is 0.143 e. The molecule has 5 heteroatoms. The fraction of sp³-hybridized carbons (Fsp3) is 0. The second kappa shape index (κ2) is 2.48. The molecule has 2 rings (SSSR count). The Bertz CT molecular complexity index is 478. The van der Waals surface area contributed by atoms with Crippen molar-refractivity contribution in [2.45, 2.75) is 0 Å². The maximum atomic E-state index is 9.38. The van der Waals surface area contributed by atoms with Gasteiger partial charge in [0.1, 0.15) is 17.8 Å². The van der Waals surface area contributed by atoms with Crippen LogP contribution in [0.4, 0.5) is 0 Å². The first-order valence-electron chi connectivity index (χ1n) is 3.62. The summed E-state index contributed by atoms with van der Waals surface area (Å²) in [6, 6.07) is 2.80. The zero-order chi connectivity index (χ0) is 9.42. The SMILES string of the molecule is N=c1ccc(O)c2n(O)cncc1-2. The van der Waals surface area contributed by atoms with E-state index in [2.05, 4.69) is 4.98 Å². The molecule has 0 bridgehead atoms.